The Bertz CT molecular complexity index is 1100. The van der Waals surface area contributed by atoms with Gasteiger partial charge in [0.25, 0.3) is 0 Å². The number of allylic oxidation sites excluding steroid dienone is 3. The predicted molar refractivity (Wildman–Crippen MR) is 114 cm³/mol. The molecular weight excluding hydrogens is 344 g/mol. The number of hydrogen-bond donors (Lipinski definition) is 0. The predicted octanol–water partition coefficient (Wildman–Crippen LogP) is 5.86. The zero-order valence-corrected chi connectivity index (χ0v) is 15.7. The van der Waals surface area contributed by atoms with Crippen molar-refractivity contribution < 1.29 is 9.59 Å². The summed E-state index contributed by atoms with van der Waals surface area (Å²) < 4.78 is 0. The van der Waals surface area contributed by atoms with Gasteiger partial charge in [0, 0.05) is 28.7 Å². The number of rotatable bonds is 5. The van der Waals surface area contributed by atoms with Gasteiger partial charge < -0.3 is 0 Å². The van der Waals surface area contributed by atoms with Gasteiger partial charge in [-0.15, -0.1) is 0 Å². The van der Waals surface area contributed by atoms with Crippen molar-refractivity contribution in [3.63, 3.8) is 0 Å². The number of benzene rings is 3. The van der Waals surface area contributed by atoms with Crippen molar-refractivity contribution in [1.82, 2.24) is 0 Å². The van der Waals surface area contributed by atoms with E-state index in [4.69, 9.17) is 0 Å². The minimum Gasteiger partial charge on any atom is -0.294 e. The SMILES string of the molecule is CCC(=O)/C(=C1/C(C(=O)c2ccccc2)=Cc2ccccc21)c1ccccc1. The summed E-state index contributed by atoms with van der Waals surface area (Å²) in [5.74, 6) is -0.0335. The highest BCUT2D eigenvalue weighted by Gasteiger charge is 2.30. The van der Waals surface area contributed by atoms with Crippen molar-refractivity contribution in [3.05, 3.63) is 113 Å². The van der Waals surface area contributed by atoms with Crippen LogP contribution in [0.2, 0.25) is 0 Å². The third kappa shape index (κ3) is 3.14. The van der Waals surface area contributed by atoms with Crippen LogP contribution in [0.3, 0.4) is 0 Å². The van der Waals surface area contributed by atoms with Crippen molar-refractivity contribution in [1.29, 1.82) is 0 Å². The van der Waals surface area contributed by atoms with Gasteiger partial charge in [0.05, 0.1) is 0 Å². The van der Waals surface area contributed by atoms with E-state index in [2.05, 4.69) is 0 Å². The first-order valence-electron chi connectivity index (χ1n) is 9.44. The second-order valence-corrected chi connectivity index (χ2v) is 6.73. The lowest BCUT2D eigenvalue weighted by Crippen LogP contribution is -2.09. The summed E-state index contributed by atoms with van der Waals surface area (Å²) in [6.07, 6.45) is 2.29. The summed E-state index contributed by atoms with van der Waals surface area (Å²) in [5.41, 5.74) is 5.29. The van der Waals surface area contributed by atoms with Gasteiger partial charge in [0.1, 0.15) is 0 Å². The van der Waals surface area contributed by atoms with Crippen molar-refractivity contribution in [2.45, 2.75) is 13.3 Å². The van der Waals surface area contributed by atoms with Crippen LogP contribution in [0.4, 0.5) is 0 Å². The summed E-state index contributed by atoms with van der Waals surface area (Å²) in [4.78, 5) is 26.4. The molecule has 2 heteroatoms. The summed E-state index contributed by atoms with van der Waals surface area (Å²) >= 11 is 0. The van der Waals surface area contributed by atoms with Gasteiger partial charge in [-0.25, -0.2) is 0 Å². The van der Waals surface area contributed by atoms with Crippen LogP contribution in [-0.4, -0.2) is 11.6 Å². The van der Waals surface area contributed by atoms with E-state index in [1.807, 2.05) is 97.9 Å². The molecule has 0 radical (unpaired) electrons. The van der Waals surface area contributed by atoms with E-state index in [-0.39, 0.29) is 11.6 Å². The molecule has 0 saturated carbocycles. The molecule has 136 valence electrons. The number of ketones is 2. The van der Waals surface area contributed by atoms with Crippen LogP contribution >= 0.6 is 0 Å². The maximum atomic E-state index is 13.4. The fraction of sp³-hybridized carbons (Fsp3) is 0.0769. The maximum Gasteiger partial charge on any atom is 0.193 e. The van der Waals surface area contributed by atoms with Gasteiger partial charge in [-0.3, -0.25) is 9.59 Å². The fourth-order valence-corrected chi connectivity index (χ4v) is 3.64. The van der Waals surface area contributed by atoms with E-state index < -0.39 is 0 Å². The Hall–Kier alpha value is -3.52. The Morgan fingerprint density at radius 1 is 0.714 bits per heavy atom. The Morgan fingerprint density at radius 2 is 1.29 bits per heavy atom. The van der Waals surface area contributed by atoms with Crippen LogP contribution in [0.15, 0.2) is 90.5 Å². The molecule has 0 heterocycles. The Balaban J connectivity index is 1.99. The van der Waals surface area contributed by atoms with E-state index in [0.29, 0.717) is 23.1 Å². The highest BCUT2D eigenvalue weighted by Crippen LogP contribution is 2.42. The average Bonchev–Trinajstić information content (AvgIpc) is 3.14. The molecule has 3 aromatic carbocycles. The van der Waals surface area contributed by atoms with Crippen LogP contribution in [0.25, 0.3) is 17.2 Å². The molecule has 0 spiro atoms. The smallest absolute Gasteiger partial charge is 0.193 e. The minimum atomic E-state index is -0.0656. The molecule has 0 saturated heterocycles. The zero-order valence-electron chi connectivity index (χ0n) is 15.7. The van der Waals surface area contributed by atoms with Gasteiger partial charge in [0.2, 0.25) is 0 Å². The zero-order chi connectivity index (χ0) is 19.5. The quantitative estimate of drug-likeness (QED) is 0.420. The van der Waals surface area contributed by atoms with E-state index in [1.54, 1.807) is 0 Å². The third-order valence-corrected chi connectivity index (χ3v) is 4.99. The van der Waals surface area contributed by atoms with Gasteiger partial charge >= 0.3 is 0 Å². The van der Waals surface area contributed by atoms with Gasteiger partial charge in [-0.05, 0) is 22.8 Å². The van der Waals surface area contributed by atoms with Crippen molar-refractivity contribution in [2.75, 3.05) is 0 Å². The van der Waals surface area contributed by atoms with Gasteiger partial charge in [0.15, 0.2) is 11.6 Å². The third-order valence-electron chi connectivity index (χ3n) is 4.99. The molecule has 0 bridgehead atoms. The fourth-order valence-electron chi connectivity index (χ4n) is 3.64. The van der Waals surface area contributed by atoms with Gasteiger partial charge in [-0.1, -0.05) is 91.9 Å². The second kappa shape index (κ2) is 7.61. The summed E-state index contributed by atoms with van der Waals surface area (Å²) in [6, 6.07) is 26.7. The summed E-state index contributed by atoms with van der Waals surface area (Å²) in [5, 5.41) is 0. The number of Topliss-reactive ketones (excluding diaryl/α,β-unsaturated/α-hetero) is 2. The first-order chi connectivity index (χ1) is 13.7. The molecule has 28 heavy (non-hydrogen) atoms. The Morgan fingerprint density at radius 3 is 1.93 bits per heavy atom. The molecule has 0 aliphatic heterocycles. The minimum absolute atomic E-state index is 0.0321. The molecule has 1 aliphatic carbocycles. The van der Waals surface area contributed by atoms with Gasteiger partial charge in [-0.2, -0.15) is 0 Å². The molecule has 2 nitrogen and oxygen atoms in total. The van der Waals surface area contributed by atoms with Crippen molar-refractivity contribution >= 4 is 28.8 Å². The molecule has 0 N–H and O–H groups in total. The molecule has 4 rings (SSSR count). The molecular formula is C26H20O2. The summed E-state index contributed by atoms with van der Waals surface area (Å²) in [7, 11) is 0. The summed E-state index contributed by atoms with van der Waals surface area (Å²) in [6.45, 7) is 1.86. The first-order valence-corrected chi connectivity index (χ1v) is 9.44. The lowest BCUT2D eigenvalue weighted by Gasteiger charge is -2.15. The van der Waals surface area contributed by atoms with Crippen LogP contribution in [0.1, 0.15) is 40.4 Å². The Kier molecular flexibility index (Phi) is 4.86. The monoisotopic (exact) mass is 364 g/mol. The first kappa shape index (κ1) is 17.9. The maximum absolute atomic E-state index is 13.4. The molecule has 0 aromatic heterocycles. The van der Waals surface area contributed by atoms with E-state index in [0.717, 1.165) is 22.3 Å². The highest BCUT2D eigenvalue weighted by atomic mass is 16.1. The molecule has 0 unspecified atom stereocenters. The van der Waals surface area contributed by atoms with E-state index in [1.165, 1.54) is 0 Å². The van der Waals surface area contributed by atoms with Crippen LogP contribution < -0.4 is 0 Å². The van der Waals surface area contributed by atoms with Crippen molar-refractivity contribution in [3.8, 4) is 0 Å². The number of hydrogen-bond acceptors (Lipinski definition) is 2. The number of carbonyl (C=O) groups excluding carboxylic acids is 2. The normalized spacial score (nSPS) is 14.2. The van der Waals surface area contributed by atoms with Crippen LogP contribution in [0.5, 0.6) is 0 Å². The lowest BCUT2D eigenvalue weighted by molar-refractivity contribution is -0.113. The largest absolute Gasteiger partial charge is 0.294 e. The number of carbonyl (C=O) groups is 2. The van der Waals surface area contributed by atoms with Crippen LogP contribution in [-0.2, 0) is 4.79 Å². The molecule has 0 fully saturated rings. The molecule has 1 aliphatic rings. The standard InChI is InChI=1S/C26H20O2/c1-2-23(27)24(18-11-5-3-6-12-18)25-21-16-10-9-15-20(21)17-22(25)26(28)19-13-7-4-8-14-19/h3-17H,2H2,1H3/b25-24+. The van der Waals surface area contributed by atoms with Crippen LogP contribution in [0, 0.1) is 0 Å². The second-order valence-electron chi connectivity index (χ2n) is 6.73. The highest BCUT2D eigenvalue weighted by molar-refractivity contribution is 6.37. The number of fused-ring (bicyclic) bond motifs is 1. The molecule has 0 atom stereocenters. The lowest BCUT2D eigenvalue weighted by atomic mass is 9.86. The topological polar surface area (TPSA) is 34.1 Å². The molecule has 3 aromatic rings. The Labute approximate surface area is 164 Å². The van der Waals surface area contributed by atoms with E-state index >= 15 is 0 Å². The van der Waals surface area contributed by atoms with E-state index in [9.17, 15) is 9.59 Å². The average molecular weight is 364 g/mol. The van der Waals surface area contributed by atoms with Crippen molar-refractivity contribution in [2.24, 2.45) is 0 Å². The molecule has 0 amide bonds.